The Balaban J connectivity index is 1.87. The number of nitrogens with zero attached hydrogens (tertiary/aromatic N) is 2. The first-order chi connectivity index (χ1) is 8.27. The van der Waals surface area contributed by atoms with Crippen molar-refractivity contribution in [1.82, 2.24) is 9.88 Å². The lowest BCUT2D eigenvalue weighted by molar-refractivity contribution is 0.0994. The zero-order valence-corrected chi connectivity index (χ0v) is 10.1. The smallest absolute Gasteiger partial charge is 0.267 e. The molecule has 0 radical (unpaired) electrons. The summed E-state index contributed by atoms with van der Waals surface area (Å²) in [6, 6.07) is 3.80. The van der Waals surface area contributed by atoms with Crippen LogP contribution in [0, 0.1) is 0 Å². The van der Waals surface area contributed by atoms with Gasteiger partial charge in [0, 0.05) is 6.20 Å². The summed E-state index contributed by atoms with van der Waals surface area (Å²) in [6.45, 7) is 3.54. The molecule has 2 rings (SSSR count). The standard InChI is InChI=1S/C13H19N3O/c14-13(17)12-11(5-3-7-15-12)6-4-10-16-8-1-2-9-16/h3,5,7H,1-2,4,6,8-10H2,(H2,14,17). The van der Waals surface area contributed by atoms with Crippen molar-refractivity contribution in [2.45, 2.75) is 25.7 Å². The van der Waals surface area contributed by atoms with Crippen molar-refractivity contribution in [1.29, 1.82) is 0 Å². The Labute approximate surface area is 102 Å². The van der Waals surface area contributed by atoms with E-state index in [1.165, 1.54) is 25.9 Å². The summed E-state index contributed by atoms with van der Waals surface area (Å²) >= 11 is 0. The van der Waals surface area contributed by atoms with Gasteiger partial charge in [0.15, 0.2) is 0 Å². The van der Waals surface area contributed by atoms with Crippen LogP contribution in [-0.4, -0.2) is 35.4 Å². The number of amides is 1. The maximum atomic E-state index is 11.2. The van der Waals surface area contributed by atoms with Crippen LogP contribution >= 0.6 is 0 Å². The van der Waals surface area contributed by atoms with Gasteiger partial charge in [-0.05, 0) is 56.9 Å². The van der Waals surface area contributed by atoms with Crippen LogP contribution in [0.5, 0.6) is 0 Å². The molecule has 1 aromatic rings. The summed E-state index contributed by atoms with van der Waals surface area (Å²) in [5.74, 6) is -0.429. The van der Waals surface area contributed by atoms with Crippen molar-refractivity contribution >= 4 is 5.91 Å². The molecular weight excluding hydrogens is 214 g/mol. The zero-order chi connectivity index (χ0) is 12.1. The number of likely N-dealkylation sites (tertiary alicyclic amines) is 1. The molecule has 0 bridgehead atoms. The first-order valence-corrected chi connectivity index (χ1v) is 6.23. The molecule has 1 amide bonds. The quantitative estimate of drug-likeness (QED) is 0.831. The predicted molar refractivity (Wildman–Crippen MR) is 66.7 cm³/mol. The number of carbonyl (C=O) groups is 1. The van der Waals surface area contributed by atoms with Crippen molar-refractivity contribution < 1.29 is 4.79 Å². The van der Waals surface area contributed by atoms with Crippen molar-refractivity contribution in [3.63, 3.8) is 0 Å². The minimum Gasteiger partial charge on any atom is -0.364 e. The van der Waals surface area contributed by atoms with Gasteiger partial charge in [0.05, 0.1) is 0 Å². The highest BCUT2D eigenvalue weighted by atomic mass is 16.1. The molecule has 1 saturated heterocycles. The van der Waals surface area contributed by atoms with Crippen molar-refractivity contribution in [3.8, 4) is 0 Å². The Hall–Kier alpha value is -1.42. The number of pyridine rings is 1. The molecular formula is C13H19N3O. The third kappa shape index (κ3) is 3.27. The summed E-state index contributed by atoms with van der Waals surface area (Å²) < 4.78 is 0. The minimum absolute atomic E-state index is 0.425. The number of aromatic nitrogens is 1. The molecule has 0 aliphatic carbocycles. The van der Waals surface area contributed by atoms with Crippen LogP contribution in [0.4, 0.5) is 0 Å². The molecule has 0 spiro atoms. The molecule has 2 N–H and O–H groups in total. The van der Waals surface area contributed by atoms with Gasteiger partial charge in [-0.2, -0.15) is 0 Å². The molecule has 2 heterocycles. The van der Waals surface area contributed by atoms with Gasteiger partial charge in [0.2, 0.25) is 0 Å². The average Bonchev–Trinajstić information content (AvgIpc) is 2.82. The lowest BCUT2D eigenvalue weighted by Gasteiger charge is -2.14. The second-order valence-electron chi connectivity index (χ2n) is 4.53. The third-order valence-corrected chi connectivity index (χ3v) is 3.24. The highest BCUT2D eigenvalue weighted by Crippen LogP contribution is 2.11. The van der Waals surface area contributed by atoms with Crippen LogP contribution in [0.2, 0.25) is 0 Å². The summed E-state index contributed by atoms with van der Waals surface area (Å²) in [5.41, 5.74) is 6.69. The lowest BCUT2D eigenvalue weighted by Crippen LogP contribution is -2.21. The maximum absolute atomic E-state index is 11.2. The highest BCUT2D eigenvalue weighted by molar-refractivity contribution is 5.92. The number of carbonyl (C=O) groups excluding carboxylic acids is 1. The van der Waals surface area contributed by atoms with Crippen LogP contribution in [-0.2, 0) is 6.42 Å². The van der Waals surface area contributed by atoms with Crippen molar-refractivity contribution in [2.24, 2.45) is 5.73 Å². The number of primary amides is 1. The summed E-state index contributed by atoms with van der Waals surface area (Å²) in [4.78, 5) is 17.7. The van der Waals surface area contributed by atoms with E-state index in [2.05, 4.69) is 9.88 Å². The fourth-order valence-corrected chi connectivity index (χ4v) is 2.36. The van der Waals surface area contributed by atoms with Gasteiger partial charge in [-0.1, -0.05) is 6.07 Å². The number of aryl methyl sites for hydroxylation is 1. The van der Waals surface area contributed by atoms with Crippen molar-refractivity contribution in [3.05, 3.63) is 29.6 Å². The molecule has 4 nitrogen and oxygen atoms in total. The van der Waals surface area contributed by atoms with Gasteiger partial charge in [-0.3, -0.25) is 9.78 Å². The normalized spacial score (nSPS) is 16.2. The Morgan fingerprint density at radius 2 is 2.18 bits per heavy atom. The lowest BCUT2D eigenvalue weighted by atomic mass is 10.1. The van der Waals surface area contributed by atoms with Crippen LogP contribution < -0.4 is 5.73 Å². The third-order valence-electron chi connectivity index (χ3n) is 3.24. The fraction of sp³-hybridized carbons (Fsp3) is 0.538. The Morgan fingerprint density at radius 1 is 1.41 bits per heavy atom. The van der Waals surface area contributed by atoms with Crippen molar-refractivity contribution in [2.75, 3.05) is 19.6 Å². The minimum atomic E-state index is -0.429. The highest BCUT2D eigenvalue weighted by Gasteiger charge is 2.12. The fourth-order valence-electron chi connectivity index (χ4n) is 2.36. The first kappa shape index (κ1) is 12.0. The molecule has 92 valence electrons. The van der Waals surface area contributed by atoms with Gasteiger partial charge in [0.1, 0.15) is 5.69 Å². The van der Waals surface area contributed by atoms with E-state index < -0.39 is 5.91 Å². The molecule has 0 atom stereocenters. The Bertz CT molecular complexity index is 386. The second-order valence-corrected chi connectivity index (χ2v) is 4.53. The Kier molecular flexibility index (Phi) is 4.09. The van der Waals surface area contributed by atoms with Crippen LogP contribution in [0.25, 0.3) is 0 Å². The van der Waals surface area contributed by atoms with E-state index in [1.807, 2.05) is 12.1 Å². The molecule has 0 saturated carbocycles. The van der Waals surface area contributed by atoms with Gasteiger partial charge >= 0.3 is 0 Å². The molecule has 1 aliphatic rings. The second kappa shape index (κ2) is 5.77. The molecule has 17 heavy (non-hydrogen) atoms. The number of nitrogens with two attached hydrogens (primary N) is 1. The molecule has 1 aromatic heterocycles. The SMILES string of the molecule is NC(=O)c1ncccc1CCCN1CCCC1. The average molecular weight is 233 g/mol. The van der Waals surface area contributed by atoms with E-state index in [1.54, 1.807) is 6.20 Å². The number of hydrogen-bond acceptors (Lipinski definition) is 3. The number of rotatable bonds is 5. The molecule has 0 aromatic carbocycles. The van der Waals surface area contributed by atoms with Crippen LogP contribution in [0.3, 0.4) is 0 Å². The summed E-state index contributed by atoms with van der Waals surface area (Å²) in [5, 5.41) is 0. The van der Waals surface area contributed by atoms with E-state index in [9.17, 15) is 4.79 Å². The Morgan fingerprint density at radius 3 is 2.88 bits per heavy atom. The topological polar surface area (TPSA) is 59.2 Å². The van der Waals surface area contributed by atoms with Gasteiger partial charge in [-0.15, -0.1) is 0 Å². The monoisotopic (exact) mass is 233 g/mol. The first-order valence-electron chi connectivity index (χ1n) is 6.23. The number of hydrogen-bond donors (Lipinski definition) is 1. The van der Waals surface area contributed by atoms with Gasteiger partial charge < -0.3 is 10.6 Å². The largest absolute Gasteiger partial charge is 0.364 e. The molecule has 4 heteroatoms. The van der Waals surface area contributed by atoms with Gasteiger partial charge in [-0.25, -0.2) is 0 Å². The van der Waals surface area contributed by atoms with E-state index in [0.717, 1.165) is 24.9 Å². The van der Waals surface area contributed by atoms with E-state index in [-0.39, 0.29) is 0 Å². The molecule has 0 unspecified atom stereocenters. The summed E-state index contributed by atoms with van der Waals surface area (Å²) in [6.07, 6.45) is 6.19. The van der Waals surface area contributed by atoms with E-state index in [4.69, 9.17) is 5.73 Å². The molecule has 1 aliphatic heterocycles. The predicted octanol–water partition coefficient (Wildman–Crippen LogP) is 1.21. The summed E-state index contributed by atoms with van der Waals surface area (Å²) in [7, 11) is 0. The molecule has 1 fully saturated rings. The van der Waals surface area contributed by atoms with Gasteiger partial charge in [0.25, 0.3) is 5.91 Å². The van der Waals surface area contributed by atoms with Crippen LogP contribution in [0.1, 0.15) is 35.3 Å². The van der Waals surface area contributed by atoms with E-state index >= 15 is 0 Å². The van der Waals surface area contributed by atoms with Crippen LogP contribution in [0.15, 0.2) is 18.3 Å². The zero-order valence-electron chi connectivity index (χ0n) is 10.1. The maximum Gasteiger partial charge on any atom is 0.267 e. The van der Waals surface area contributed by atoms with E-state index in [0.29, 0.717) is 5.69 Å².